The molecule has 0 aliphatic rings. The number of carbonyl (C=O) groups excluding carboxylic acids is 4. The predicted molar refractivity (Wildman–Crippen MR) is 436 cm³/mol. The van der Waals surface area contributed by atoms with Crippen molar-refractivity contribution in [3.05, 3.63) is 97.2 Å². The molecule has 0 heterocycles. The molecule has 0 aromatic rings. The number of allylic oxidation sites excluding steroid dienone is 16. The molecule has 0 bridgehead atoms. The van der Waals surface area contributed by atoms with Gasteiger partial charge in [0.15, 0.2) is 12.2 Å². The third kappa shape index (κ3) is 78.1. The van der Waals surface area contributed by atoms with Crippen molar-refractivity contribution in [2.75, 3.05) is 39.6 Å². The fraction of sp³-hybridized carbons (Fsp3) is 0.770. The molecule has 0 aromatic carbocycles. The second-order valence-corrected chi connectivity index (χ2v) is 31.3. The second-order valence-electron chi connectivity index (χ2n) is 28.4. The Balaban J connectivity index is 5.36. The summed E-state index contributed by atoms with van der Waals surface area (Å²) in [6, 6.07) is 0. The van der Waals surface area contributed by atoms with Gasteiger partial charge in [0.1, 0.15) is 19.3 Å². The molecule has 5 unspecified atom stereocenters. The van der Waals surface area contributed by atoms with E-state index in [1.54, 1.807) is 0 Å². The zero-order valence-electron chi connectivity index (χ0n) is 67.3. The van der Waals surface area contributed by atoms with Crippen molar-refractivity contribution < 1.29 is 80.2 Å². The van der Waals surface area contributed by atoms with E-state index in [0.29, 0.717) is 25.7 Å². The van der Waals surface area contributed by atoms with Gasteiger partial charge in [-0.1, -0.05) is 343 Å². The number of ether oxygens (including phenoxy) is 4. The lowest BCUT2D eigenvalue weighted by molar-refractivity contribution is -0.161. The van der Waals surface area contributed by atoms with E-state index < -0.39 is 97.5 Å². The minimum absolute atomic E-state index is 0.0755. The molecule has 0 saturated heterocycles. The summed E-state index contributed by atoms with van der Waals surface area (Å²) in [4.78, 5) is 73.2. The van der Waals surface area contributed by atoms with Gasteiger partial charge in [-0.05, 0) is 103 Å². The molecule has 0 fully saturated rings. The van der Waals surface area contributed by atoms with Crippen molar-refractivity contribution in [1.29, 1.82) is 0 Å². The summed E-state index contributed by atoms with van der Waals surface area (Å²) in [6.07, 6.45) is 85.1. The van der Waals surface area contributed by atoms with E-state index in [9.17, 15) is 43.2 Å². The van der Waals surface area contributed by atoms with Crippen LogP contribution in [0.1, 0.15) is 374 Å². The van der Waals surface area contributed by atoms with Crippen molar-refractivity contribution >= 4 is 39.5 Å². The summed E-state index contributed by atoms with van der Waals surface area (Å²) in [5.41, 5.74) is 0. The van der Waals surface area contributed by atoms with E-state index in [2.05, 4.69) is 125 Å². The first kappa shape index (κ1) is 102. The third-order valence-corrected chi connectivity index (χ3v) is 20.0. The minimum Gasteiger partial charge on any atom is -0.462 e. The van der Waals surface area contributed by atoms with Crippen LogP contribution in [0.2, 0.25) is 0 Å². The van der Waals surface area contributed by atoms with Gasteiger partial charge in [0.05, 0.1) is 26.4 Å². The number of esters is 4. The highest BCUT2D eigenvalue weighted by Crippen LogP contribution is 2.45. The molecule has 19 heteroatoms. The largest absolute Gasteiger partial charge is 0.472 e. The summed E-state index contributed by atoms with van der Waals surface area (Å²) in [6.45, 7) is 4.70. The summed E-state index contributed by atoms with van der Waals surface area (Å²) >= 11 is 0. The summed E-state index contributed by atoms with van der Waals surface area (Å²) < 4.78 is 68.8. The number of phosphoric ester groups is 2. The first-order valence-electron chi connectivity index (χ1n) is 42.5. The number of hydrogen-bond acceptors (Lipinski definition) is 15. The molecule has 3 N–H and O–H groups in total. The maximum Gasteiger partial charge on any atom is 0.472 e. The van der Waals surface area contributed by atoms with Gasteiger partial charge in [-0.15, -0.1) is 0 Å². The van der Waals surface area contributed by atoms with E-state index >= 15 is 0 Å². The van der Waals surface area contributed by atoms with Crippen LogP contribution < -0.4 is 0 Å². The predicted octanol–water partition coefficient (Wildman–Crippen LogP) is 25.1. The molecule has 0 radical (unpaired) electrons. The molecule has 106 heavy (non-hydrogen) atoms. The van der Waals surface area contributed by atoms with Crippen LogP contribution in [0.3, 0.4) is 0 Å². The van der Waals surface area contributed by atoms with Crippen LogP contribution >= 0.6 is 15.6 Å². The van der Waals surface area contributed by atoms with Gasteiger partial charge >= 0.3 is 39.5 Å². The SMILES string of the molecule is CC/C=C\C/C=C\C/C=C\C/C=C\CCCCCCCCC(=O)OCC(COP(=O)(O)OCC(O)COP(=O)(O)OCC(COC(=O)CCCCCCCCCCCCCCCCC)OC(=O)CCCCCCCCCCCCCCC)OC(=O)CCCCCCCC/C=C\C/C=C\C/C=C\C/C=C\CC. The highest BCUT2D eigenvalue weighted by atomic mass is 31.2. The fourth-order valence-corrected chi connectivity index (χ4v) is 13.3. The summed E-state index contributed by atoms with van der Waals surface area (Å²) in [5, 5.41) is 10.7. The first-order chi connectivity index (χ1) is 51.7. The van der Waals surface area contributed by atoms with Gasteiger partial charge < -0.3 is 33.8 Å². The number of aliphatic hydroxyl groups is 1. The lowest BCUT2D eigenvalue weighted by Crippen LogP contribution is -2.30. The molecule has 0 aromatic heterocycles. The van der Waals surface area contributed by atoms with E-state index in [1.165, 1.54) is 122 Å². The Morgan fingerprint density at radius 3 is 0.755 bits per heavy atom. The van der Waals surface area contributed by atoms with Crippen LogP contribution in [-0.2, 0) is 65.4 Å². The Kier molecular flexibility index (Phi) is 76.1. The fourth-order valence-electron chi connectivity index (χ4n) is 11.7. The van der Waals surface area contributed by atoms with Gasteiger partial charge in [0.2, 0.25) is 0 Å². The molecule has 0 spiro atoms. The van der Waals surface area contributed by atoms with Crippen molar-refractivity contribution in [2.45, 2.75) is 393 Å². The lowest BCUT2D eigenvalue weighted by atomic mass is 10.0. The molecular weight excluding hydrogens is 1380 g/mol. The number of unbranched alkanes of at least 4 members (excludes halogenated alkanes) is 38. The van der Waals surface area contributed by atoms with Crippen molar-refractivity contribution in [2.24, 2.45) is 0 Å². The van der Waals surface area contributed by atoms with E-state index in [4.69, 9.17) is 37.0 Å². The van der Waals surface area contributed by atoms with E-state index in [0.717, 1.165) is 173 Å². The second kappa shape index (κ2) is 79.1. The number of hydrogen-bond donors (Lipinski definition) is 3. The average molecular weight is 1530 g/mol. The highest BCUT2D eigenvalue weighted by Gasteiger charge is 2.30. The maximum atomic E-state index is 13.1. The van der Waals surface area contributed by atoms with Gasteiger partial charge in [0, 0.05) is 25.7 Å². The van der Waals surface area contributed by atoms with E-state index in [-0.39, 0.29) is 25.7 Å². The number of phosphoric acid groups is 2. The molecule has 0 rings (SSSR count). The van der Waals surface area contributed by atoms with Gasteiger partial charge in [-0.2, -0.15) is 0 Å². The monoisotopic (exact) mass is 1530 g/mol. The van der Waals surface area contributed by atoms with Crippen LogP contribution in [-0.4, -0.2) is 96.7 Å². The van der Waals surface area contributed by atoms with E-state index in [1.807, 2.05) is 0 Å². The van der Waals surface area contributed by atoms with Crippen LogP contribution in [0.4, 0.5) is 0 Å². The normalized spacial score (nSPS) is 14.3. The lowest BCUT2D eigenvalue weighted by Gasteiger charge is -2.21. The standard InChI is InChI=1S/C87H154O17P2/c1-5-9-13-17-21-25-29-33-36-38-40-42-45-49-52-56-60-64-68-72-85(90)98-78-83(104-87(92)74-70-66-62-58-54-50-46-43-41-39-37-34-30-26-22-18-14-10-6-2)80-102-106(95,96)100-76-81(88)75-99-105(93,94)101-79-82(103-86(91)73-69-65-61-57-53-47-32-28-24-20-16-12-8-4)77-97-84(89)71-67-63-59-55-51-48-44-35-31-27-23-19-15-11-7-3/h9-10,13-14,21-22,25-26,33-34,36-37,40-43,81-83,88H,5-8,11-12,15-20,23-24,27-32,35,38-39,44-80H2,1-4H3,(H,93,94)(H,95,96)/b13-9-,14-10-,25-21-,26-22-,36-33-,37-34-,42-40-,43-41-. The van der Waals surface area contributed by atoms with Crippen molar-refractivity contribution in [3.8, 4) is 0 Å². The molecule has 17 nitrogen and oxygen atoms in total. The number of carbonyl (C=O) groups is 4. The third-order valence-electron chi connectivity index (χ3n) is 18.1. The molecule has 0 saturated carbocycles. The minimum atomic E-state index is -4.99. The molecular formula is C87H154O17P2. The molecule has 5 atom stereocenters. The van der Waals surface area contributed by atoms with Crippen molar-refractivity contribution in [1.82, 2.24) is 0 Å². The topological polar surface area (TPSA) is 237 Å². The smallest absolute Gasteiger partial charge is 0.462 e. The van der Waals surface area contributed by atoms with Crippen LogP contribution in [0.5, 0.6) is 0 Å². The maximum absolute atomic E-state index is 13.1. The van der Waals surface area contributed by atoms with Gasteiger partial charge in [-0.25, -0.2) is 9.13 Å². The van der Waals surface area contributed by atoms with Crippen LogP contribution in [0.15, 0.2) is 97.2 Å². The summed E-state index contributed by atoms with van der Waals surface area (Å²) in [7, 11) is -9.96. The number of aliphatic hydroxyl groups excluding tert-OH is 1. The quantitative estimate of drug-likeness (QED) is 0.0169. The number of rotatable bonds is 80. The molecule has 0 amide bonds. The highest BCUT2D eigenvalue weighted by molar-refractivity contribution is 7.47. The Morgan fingerprint density at radius 2 is 0.491 bits per heavy atom. The van der Waals surface area contributed by atoms with Gasteiger partial charge in [-0.3, -0.25) is 37.3 Å². The summed E-state index contributed by atoms with van der Waals surface area (Å²) in [5.74, 6) is -2.17. The Labute approximate surface area is 646 Å². The Hall–Kier alpha value is -4.02. The first-order valence-corrected chi connectivity index (χ1v) is 45.5. The Bertz CT molecular complexity index is 2380. The van der Waals surface area contributed by atoms with Crippen LogP contribution in [0, 0.1) is 0 Å². The Morgan fingerprint density at radius 1 is 0.274 bits per heavy atom. The van der Waals surface area contributed by atoms with Crippen LogP contribution in [0.25, 0.3) is 0 Å². The zero-order valence-corrected chi connectivity index (χ0v) is 69.1. The van der Waals surface area contributed by atoms with Gasteiger partial charge in [0.25, 0.3) is 0 Å². The zero-order chi connectivity index (χ0) is 77.4. The molecule has 0 aliphatic heterocycles. The average Bonchev–Trinajstić information content (AvgIpc) is 0.903. The van der Waals surface area contributed by atoms with Crippen molar-refractivity contribution in [3.63, 3.8) is 0 Å². The molecule has 0 aliphatic carbocycles. The molecule has 614 valence electrons.